The predicted molar refractivity (Wildman–Crippen MR) is 78.8 cm³/mol. The molecule has 19 heavy (non-hydrogen) atoms. The normalized spacial score (nSPS) is 19.6. The molecular formula is C17H26FN. The molecule has 0 aliphatic carbocycles. The van der Waals surface area contributed by atoms with Gasteiger partial charge in [0.25, 0.3) is 0 Å². The molecule has 1 heterocycles. The van der Waals surface area contributed by atoms with Crippen LogP contribution in [-0.4, -0.2) is 18.0 Å². The Kier molecular flexibility index (Phi) is 4.98. The molecule has 2 rings (SSSR count). The summed E-state index contributed by atoms with van der Waals surface area (Å²) >= 11 is 0. The molecule has 2 heteroatoms. The predicted octanol–water partition coefficient (Wildman–Crippen LogP) is 4.57. The Morgan fingerprint density at radius 2 is 1.95 bits per heavy atom. The van der Waals surface area contributed by atoms with Gasteiger partial charge in [0.05, 0.1) is 0 Å². The molecule has 0 saturated carbocycles. The lowest BCUT2D eigenvalue weighted by atomic mass is 9.92. The minimum atomic E-state index is -0.0534. The molecule has 0 spiro atoms. The average Bonchev–Trinajstić information content (AvgIpc) is 2.47. The van der Waals surface area contributed by atoms with Gasteiger partial charge in [-0.2, -0.15) is 0 Å². The van der Waals surface area contributed by atoms with Gasteiger partial charge in [0.1, 0.15) is 5.82 Å². The highest BCUT2D eigenvalue weighted by atomic mass is 19.1. The van der Waals surface area contributed by atoms with Crippen LogP contribution in [0.1, 0.15) is 57.2 Å². The summed E-state index contributed by atoms with van der Waals surface area (Å²) in [7, 11) is 0. The van der Waals surface area contributed by atoms with Crippen molar-refractivity contribution in [1.29, 1.82) is 0 Å². The molecular weight excluding hydrogens is 237 g/mol. The molecule has 0 radical (unpaired) electrons. The molecule has 1 atom stereocenters. The van der Waals surface area contributed by atoms with E-state index in [1.54, 1.807) is 6.07 Å². The van der Waals surface area contributed by atoms with Crippen molar-refractivity contribution in [2.24, 2.45) is 5.92 Å². The molecule has 1 aromatic carbocycles. The number of likely N-dealkylation sites (tertiary alicyclic amines) is 1. The van der Waals surface area contributed by atoms with E-state index in [-0.39, 0.29) is 11.9 Å². The van der Waals surface area contributed by atoms with E-state index in [1.807, 2.05) is 12.1 Å². The lowest BCUT2D eigenvalue weighted by Gasteiger charge is -2.36. The Balaban J connectivity index is 2.09. The van der Waals surface area contributed by atoms with Crippen LogP contribution in [0.25, 0.3) is 0 Å². The second-order valence-electron chi connectivity index (χ2n) is 5.77. The van der Waals surface area contributed by atoms with Gasteiger partial charge in [-0.1, -0.05) is 32.4 Å². The van der Waals surface area contributed by atoms with Gasteiger partial charge in [0.2, 0.25) is 0 Å². The van der Waals surface area contributed by atoms with Crippen LogP contribution < -0.4 is 0 Å². The largest absolute Gasteiger partial charge is 0.296 e. The van der Waals surface area contributed by atoms with E-state index in [9.17, 15) is 4.39 Å². The highest BCUT2D eigenvalue weighted by Gasteiger charge is 2.24. The fraction of sp³-hybridized carbons (Fsp3) is 0.647. The highest BCUT2D eigenvalue weighted by molar-refractivity contribution is 5.27. The first-order valence-corrected chi connectivity index (χ1v) is 7.68. The van der Waals surface area contributed by atoms with Crippen LogP contribution in [0, 0.1) is 11.7 Å². The van der Waals surface area contributed by atoms with Gasteiger partial charge < -0.3 is 0 Å². The van der Waals surface area contributed by atoms with E-state index >= 15 is 0 Å². The van der Waals surface area contributed by atoms with E-state index in [0.29, 0.717) is 0 Å². The number of hydrogen-bond acceptors (Lipinski definition) is 1. The number of aryl methyl sites for hydroxylation is 1. The summed E-state index contributed by atoms with van der Waals surface area (Å²) in [5.41, 5.74) is 2.10. The summed E-state index contributed by atoms with van der Waals surface area (Å²) in [5.74, 6) is 0.817. The molecule has 1 aliphatic rings. The Hall–Kier alpha value is -0.890. The molecule has 1 saturated heterocycles. The zero-order valence-corrected chi connectivity index (χ0v) is 12.5. The highest BCUT2D eigenvalue weighted by Crippen LogP contribution is 2.29. The number of hydrogen-bond donors (Lipinski definition) is 0. The van der Waals surface area contributed by atoms with Crippen molar-refractivity contribution in [2.45, 2.75) is 52.5 Å². The SMILES string of the molecule is CCc1ccc(F)c([C@H](C)N2CCC(CC)CC2)c1. The van der Waals surface area contributed by atoms with Crippen LogP contribution in [0.3, 0.4) is 0 Å². The topological polar surface area (TPSA) is 3.24 Å². The van der Waals surface area contributed by atoms with Crippen LogP contribution >= 0.6 is 0 Å². The van der Waals surface area contributed by atoms with Gasteiger partial charge in [-0.25, -0.2) is 4.39 Å². The monoisotopic (exact) mass is 263 g/mol. The number of piperidine rings is 1. The van der Waals surface area contributed by atoms with Crippen LogP contribution in [0.15, 0.2) is 18.2 Å². The molecule has 1 aromatic rings. The third-order valence-corrected chi connectivity index (χ3v) is 4.69. The van der Waals surface area contributed by atoms with Gasteiger partial charge in [-0.05, 0) is 56.8 Å². The number of benzene rings is 1. The van der Waals surface area contributed by atoms with Crippen LogP contribution in [0.4, 0.5) is 4.39 Å². The van der Waals surface area contributed by atoms with Crippen molar-refractivity contribution < 1.29 is 4.39 Å². The smallest absolute Gasteiger partial charge is 0.127 e. The first-order valence-electron chi connectivity index (χ1n) is 7.68. The molecule has 0 aromatic heterocycles. The molecule has 0 amide bonds. The van der Waals surface area contributed by atoms with Gasteiger partial charge in [-0.3, -0.25) is 4.90 Å². The van der Waals surface area contributed by atoms with Crippen LogP contribution in [0.5, 0.6) is 0 Å². The first kappa shape index (κ1) is 14.5. The van der Waals surface area contributed by atoms with Crippen molar-refractivity contribution in [3.05, 3.63) is 35.1 Å². The van der Waals surface area contributed by atoms with Gasteiger partial charge >= 0.3 is 0 Å². The van der Waals surface area contributed by atoms with Crippen molar-refractivity contribution in [3.63, 3.8) is 0 Å². The molecule has 1 aliphatic heterocycles. The standard InChI is InChI=1S/C17H26FN/c1-4-14-8-10-19(11-9-14)13(3)16-12-15(5-2)6-7-17(16)18/h6-7,12-14H,4-5,8-11H2,1-3H3/t13-/m0/s1. The average molecular weight is 263 g/mol. The molecule has 0 bridgehead atoms. The van der Waals surface area contributed by atoms with E-state index < -0.39 is 0 Å². The van der Waals surface area contributed by atoms with Gasteiger partial charge in [0.15, 0.2) is 0 Å². The molecule has 0 N–H and O–H groups in total. The Bertz CT molecular complexity index is 408. The van der Waals surface area contributed by atoms with E-state index in [1.165, 1.54) is 24.8 Å². The van der Waals surface area contributed by atoms with E-state index in [2.05, 4.69) is 25.7 Å². The fourth-order valence-electron chi connectivity index (χ4n) is 3.08. The Morgan fingerprint density at radius 1 is 1.26 bits per heavy atom. The zero-order chi connectivity index (χ0) is 13.8. The van der Waals surface area contributed by atoms with Crippen molar-refractivity contribution in [3.8, 4) is 0 Å². The number of rotatable bonds is 4. The van der Waals surface area contributed by atoms with Crippen molar-refractivity contribution in [2.75, 3.05) is 13.1 Å². The third kappa shape index (κ3) is 3.36. The summed E-state index contributed by atoms with van der Waals surface area (Å²) in [6.45, 7) is 8.75. The van der Waals surface area contributed by atoms with Crippen molar-refractivity contribution in [1.82, 2.24) is 4.90 Å². The lowest BCUT2D eigenvalue weighted by Crippen LogP contribution is -2.35. The van der Waals surface area contributed by atoms with Crippen LogP contribution in [-0.2, 0) is 6.42 Å². The maximum Gasteiger partial charge on any atom is 0.127 e. The molecule has 1 fully saturated rings. The number of halogens is 1. The Labute approximate surface area is 116 Å². The zero-order valence-electron chi connectivity index (χ0n) is 12.5. The van der Waals surface area contributed by atoms with E-state index in [4.69, 9.17) is 0 Å². The molecule has 1 nitrogen and oxygen atoms in total. The van der Waals surface area contributed by atoms with Crippen LogP contribution in [0.2, 0.25) is 0 Å². The minimum Gasteiger partial charge on any atom is -0.296 e. The third-order valence-electron chi connectivity index (χ3n) is 4.69. The fourth-order valence-corrected chi connectivity index (χ4v) is 3.08. The maximum absolute atomic E-state index is 14.0. The molecule has 106 valence electrons. The Morgan fingerprint density at radius 3 is 2.53 bits per heavy atom. The lowest BCUT2D eigenvalue weighted by molar-refractivity contribution is 0.137. The first-order chi connectivity index (χ1) is 9.15. The quantitative estimate of drug-likeness (QED) is 0.769. The summed E-state index contributed by atoms with van der Waals surface area (Å²) < 4.78 is 14.0. The summed E-state index contributed by atoms with van der Waals surface area (Å²) in [5, 5.41) is 0. The summed E-state index contributed by atoms with van der Waals surface area (Å²) in [6.07, 6.45) is 4.77. The minimum absolute atomic E-state index is 0.0534. The van der Waals surface area contributed by atoms with Gasteiger partial charge in [0, 0.05) is 11.6 Å². The summed E-state index contributed by atoms with van der Waals surface area (Å²) in [6, 6.07) is 5.77. The second kappa shape index (κ2) is 6.51. The molecule has 0 unspecified atom stereocenters. The van der Waals surface area contributed by atoms with Gasteiger partial charge in [-0.15, -0.1) is 0 Å². The summed E-state index contributed by atoms with van der Waals surface area (Å²) in [4.78, 5) is 2.43. The van der Waals surface area contributed by atoms with E-state index in [0.717, 1.165) is 31.0 Å². The number of nitrogens with zero attached hydrogens (tertiary/aromatic N) is 1. The van der Waals surface area contributed by atoms with Crippen molar-refractivity contribution >= 4 is 0 Å². The maximum atomic E-state index is 14.0. The second-order valence-corrected chi connectivity index (χ2v) is 5.77.